The Kier molecular flexibility index (Phi) is 7.07. The number of aromatic hydroxyl groups is 1. The van der Waals surface area contributed by atoms with Gasteiger partial charge in [0.15, 0.2) is 11.6 Å². The third-order valence-electron chi connectivity index (χ3n) is 3.27. The smallest absolute Gasteiger partial charge is 0.351 e. The maximum Gasteiger partial charge on any atom is 0.351 e. The van der Waals surface area contributed by atoms with E-state index in [1.807, 2.05) is 0 Å². The lowest BCUT2D eigenvalue weighted by atomic mass is 10.2. The quantitative estimate of drug-likeness (QED) is 0.299. The fraction of sp³-hybridized carbons (Fsp3) is 0.556. The summed E-state index contributed by atoms with van der Waals surface area (Å²) in [6, 6.07) is 0. The van der Waals surface area contributed by atoms with E-state index in [1.54, 1.807) is 0 Å². The van der Waals surface area contributed by atoms with Gasteiger partial charge in [-0.3, -0.25) is 18.0 Å². The maximum atomic E-state index is 11.8. The number of rotatable bonds is 8. The summed E-state index contributed by atoms with van der Waals surface area (Å²) in [5, 5.41) is 19.4. The highest BCUT2D eigenvalue weighted by Crippen LogP contribution is 2.60. The highest BCUT2D eigenvalue weighted by Gasteiger charge is 2.37. The van der Waals surface area contributed by atoms with E-state index in [-0.39, 0.29) is 6.42 Å². The predicted molar refractivity (Wildman–Crippen MR) is 80.0 cm³/mol. The van der Waals surface area contributed by atoms with Crippen LogP contribution < -0.4 is 31.0 Å². The molecule has 1 fully saturated rings. The molecule has 1 aliphatic heterocycles. The third-order valence-corrected chi connectivity index (χ3v) is 6.94. The van der Waals surface area contributed by atoms with Gasteiger partial charge in [0.25, 0.3) is 15.6 Å². The molecular formula is C9H12N3O14P3-4. The third kappa shape index (κ3) is 6.93. The SMILES string of the molecule is Nc1nc(=O)n(C2CC(O)C(COP(=O)([O-])OP(=O)([O-])OP(=O)([O-])[O-])O2)cc1O. The molecule has 1 saturated heterocycles. The molecule has 29 heavy (non-hydrogen) atoms. The van der Waals surface area contributed by atoms with Crippen molar-refractivity contribution in [1.29, 1.82) is 0 Å². The number of nitrogen functional groups attached to an aromatic ring is 1. The summed E-state index contributed by atoms with van der Waals surface area (Å²) in [4.78, 5) is 58.1. The Labute approximate surface area is 160 Å². The summed E-state index contributed by atoms with van der Waals surface area (Å²) in [5.74, 6) is -1.03. The Balaban J connectivity index is 2.02. The molecule has 2 rings (SSSR count). The predicted octanol–water partition coefficient (Wildman–Crippen LogP) is -4.01. The first-order valence-corrected chi connectivity index (χ1v) is 11.6. The largest absolute Gasteiger partial charge is 0.790 e. The van der Waals surface area contributed by atoms with Gasteiger partial charge in [-0.15, -0.1) is 0 Å². The van der Waals surface area contributed by atoms with Gasteiger partial charge in [0.1, 0.15) is 12.3 Å². The van der Waals surface area contributed by atoms with Crippen molar-refractivity contribution in [3.8, 4) is 5.75 Å². The number of hydrogen-bond donors (Lipinski definition) is 3. The molecule has 20 heteroatoms. The second kappa shape index (κ2) is 8.51. The molecule has 2 heterocycles. The van der Waals surface area contributed by atoms with Crippen LogP contribution in [0.15, 0.2) is 11.0 Å². The van der Waals surface area contributed by atoms with Crippen LogP contribution in [0.3, 0.4) is 0 Å². The summed E-state index contributed by atoms with van der Waals surface area (Å²) in [6.45, 7) is -1.03. The number of phosphoric ester groups is 1. The molecule has 0 aliphatic carbocycles. The van der Waals surface area contributed by atoms with Crippen LogP contribution in [-0.4, -0.2) is 38.6 Å². The lowest BCUT2D eigenvalue weighted by Gasteiger charge is -2.37. The van der Waals surface area contributed by atoms with E-state index in [4.69, 9.17) is 10.5 Å². The minimum atomic E-state index is -6.13. The normalized spacial score (nSPS) is 26.7. The highest BCUT2D eigenvalue weighted by atomic mass is 31.3. The first-order valence-electron chi connectivity index (χ1n) is 7.21. The van der Waals surface area contributed by atoms with Crippen molar-refractivity contribution in [1.82, 2.24) is 9.55 Å². The highest BCUT2D eigenvalue weighted by molar-refractivity contribution is 7.64. The van der Waals surface area contributed by atoms with E-state index in [1.165, 1.54) is 0 Å². The molecule has 17 nitrogen and oxygen atoms in total. The minimum absolute atomic E-state index is 0.290. The van der Waals surface area contributed by atoms with Crippen LogP contribution in [0.2, 0.25) is 0 Å². The summed E-state index contributed by atoms with van der Waals surface area (Å²) in [7, 11) is -18.0. The number of nitrogens with two attached hydrogens (primary N) is 1. The van der Waals surface area contributed by atoms with E-state index in [0.717, 1.165) is 10.8 Å². The second-order valence-electron chi connectivity index (χ2n) is 5.43. The lowest BCUT2D eigenvalue weighted by molar-refractivity contribution is -0.339. The molecule has 5 atom stereocenters. The number of nitrogens with zero attached hydrogens (tertiary/aromatic N) is 2. The van der Waals surface area contributed by atoms with Crippen molar-refractivity contribution in [2.75, 3.05) is 12.3 Å². The van der Waals surface area contributed by atoms with Crippen molar-refractivity contribution in [2.45, 2.75) is 24.9 Å². The number of hydrogen-bond acceptors (Lipinski definition) is 16. The van der Waals surface area contributed by atoms with E-state index < -0.39 is 65.8 Å². The van der Waals surface area contributed by atoms with Gasteiger partial charge in [-0.25, -0.2) is 9.11 Å². The average Bonchev–Trinajstić information content (AvgIpc) is 2.86. The monoisotopic (exact) mass is 479 g/mol. The fourth-order valence-corrected chi connectivity index (χ4v) is 5.03. The van der Waals surface area contributed by atoms with Crippen molar-refractivity contribution in [3.05, 3.63) is 16.7 Å². The van der Waals surface area contributed by atoms with Gasteiger partial charge < -0.3 is 49.3 Å². The molecule has 166 valence electrons. The van der Waals surface area contributed by atoms with Crippen molar-refractivity contribution >= 4 is 29.3 Å². The number of aromatic nitrogens is 2. The molecule has 0 bridgehead atoms. The number of ether oxygens (including phenoxy) is 1. The van der Waals surface area contributed by atoms with Crippen molar-refractivity contribution in [2.24, 2.45) is 0 Å². The van der Waals surface area contributed by atoms with Crippen molar-refractivity contribution < 1.29 is 61.4 Å². The zero-order valence-electron chi connectivity index (χ0n) is 13.8. The molecule has 0 spiro atoms. The molecule has 0 aromatic carbocycles. The van der Waals surface area contributed by atoms with E-state index in [2.05, 4.69) is 18.1 Å². The van der Waals surface area contributed by atoms with Gasteiger partial charge in [-0.05, 0) is 0 Å². The van der Waals surface area contributed by atoms with Crippen molar-refractivity contribution in [3.63, 3.8) is 0 Å². The summed E-state index contributed by atoms with van der Waals surface area (Å²) < 4.78 is 49.2. The topological polar surface area (TPSA) is 282 Å². The van der Waals surface area contributed by atoms with E-state index in [9.17, 15) is 48.3 Å². The Bertz CT molecular complexity index is 959. The summed E-state index contributed by atoms with van der Waals surface area (Å²) in [5.41, 5.74) is 4.29. The molecule has 0 saturated carbocycles. The zero-order valence-corrected chi connectivity index (χ0v) is 16.5. The van der Waals surface area contributed by atoms with Crippen LogP contribution in [0.1, 0.15) is 12.6 Å². The van der Waals surface area contributed by atoms with Crippen LogP contribution in [0.5, 0.6) is 5.75 Å². The number of aliphatic hydroxyl groups excluding tert-OH is 1. The van der Waals surface area contributed by atoms with E-state index >= 15 is 0 Å². The van der Waals surface area contributed by atoms with Crippen LogP contribution in [-0.2, 0) is 31.6 Å². The molecular weight excluding hydrogens is 467 g/mol. The summed E-state index contributed by atoms with van der Waals surface area (Å²) >= 11 is 0. The first-order chi connectivity index (χ1) is 13.1. The Morgan fingerprint density at radius 2 is 1.86 bits per heavy atom. The van der Waals surface area contributed by atoms with Crippen LogP contribution in [0.25, 0.3) is 0 Å². The lowest BCUT2D eigenvalue weighted by Crippen LogP contribution is -2.29. The molecule has 1 aromatic heterocycles. The van der Waals surface area contributed by atoms with Crippen LogP contribution in [0.4, 0.5) is 5.82 Å². The summed E-state index contributed by atoms with van der Waals surface area (Å²) in [6.07, 6.45) is -3.51. The van der Waals surface area contributed by atoms with Gasteiger partial charge in [-0.1, -0.05) is 0 Å². The minimum Gasteiger partial charge on any atom is -0.790 e. The van der Waals surface area contributed by atoms with Gasteiger partial charge in [-0.2, -0.15) is 4.98 Å². The Hall–Kier alpha value is -1.19. The van der Waals surface area contributed by atoms with Crippen LogP contribution >= 0.6 is 23.5 Å². The number of phosphoric acid groups is 3. The standard InChI is InChI=1S/C9H16N3O14P3/c10-8-5(14)2-12(9(15)11-8)7-1-4(13)6(24-7)3-23-28(19,20)26-29(21,22)25-27(16,17)18/h2,4,6-7,13-14H,1,3H2,(H,19,20)(H,21,22)(H2,10,11,15)(H2,16,17,18)/p-4. The Morgan fingerprint density at radius 3 is 2.45 bits per heavy atom. The number of anilines is 1. The second-order valence-corrected chi connectivity index (χ2v) is 9.68. The van der Waals surface area contributed by atoms with Crippen LogP contribution in [0, 0.1) is 0 Å². The van der Waals surface area contributed by atoms with Gasteiger partial charge in [0, 0.05) is 6.42 Å². The van der Waals surface area contributed by atoms with Gasteiger partial charge in [0.05, 0.1) is 26.7 Å². The van der Waals surface area contributed by atoms with Gasteiger partial charge in [0.2, 0.25) is 0 Å². The molecule has 1 aromatic rings. The first kappa shape index (κ1) is 24.1. The van der Waals surface area contributed by atoms with Gasteiger partial charge >= 0.3 is 5.69 Å². The molecule has 1 aliphatic rings. The van der Waals surface area contributed by atoms with E-state index in [0.29, 0.717) is 0 Å². The molecule has 0 radical (unpaired) electrons. The zero-order chi connectivity index (χ0) is 22.2. The fourth-order valence-electron chi connectivity index (χ4n) is 2.16. The average molecular weight is 479 g/mol. The Morgan fingerprint density at radius 1 is 1.24 bits per heavy atom. The molecule has 0 amide bonds. The molecule has 4 N–H and O–H groups in total. The number of aliphatic hydroxyl groups is 1. The molecule has 5 unspecified atom stereocenters. The maximum absolute atomic E-state index is 11.8.